The number of allylic oxidation sites excluding steroid dienone is 4. The van der Waals surface area contributed by atoms with Crippen LogP contribution in [0.5, 0.6) is 0 Å². The lowest BCUT2D eigenvalue weighted by Gasteiger charge is -2.10. The van der Waals surface area contributed by atoms with Gasteiger partial charge >= 0.3 is 6.09 Å². The summed E-state index contributed by atoms with van der Waals surface area (Å²) in [5.74, 6) is -0.321. The van der Waals surface area contributed by atoms with E-state index in [4.69, 9.17) is 4.74 Å². The van der Waals surface area contributed by atoms with Crippen LogP contribution in [0.2, 0.25) is 0 Å². The molecule has 0 aliphatic carbocycles. The van der Waals surface area contributed by atoms with Gasteiger partial charge in [-0.15, -0.1) is 0 Å². The van der Waals surface area contributed by atoms with Gasteiger partial charge < -0.3 is 4.74 Å². The fourth-order valence-electron chi connectivity index (χ4n) is 1.31. The van der Waals surface area contributed by atoms with Gasteiger partial charge in [-0.1, -0.05) is 38.2 Å². The molecule has 1 aliphatic rings. The van der Waals surface area contributed by atoms with Gasteiger partial charge in [-0.25, -0.2) is 9.69 Å². The molecule has 0 radical (unpaired) electrons. The Bertz CT molecular complexity index is 367. The lowest BCUT2D eigenvalue weighted by molar-refractivity contribution is -0.123. The molecule has 0 bridgehead atoms. The summed E-state index contributed by atoms with van der Waals surface area (Å²) >= 11 is 0. The topological polar surface area (TPSA) is 46.6 Å². The molecule has 0 aromatic heterocycles. The molecule has 0 saturated carbocycles. The number of ether oxygens (including phenoxy) is 1. The SMILES string of the molecule is CC.C\C=C/C=C(\C=C/C)C(=O)N1CCOC1=O. The fourth-order valence-corrected chi connectivity index (χ4v) is 1.31. The maximum Gasteiger partial charge on any atom is 0.416 e. The summed E-state index contributed by atoms with van der Waals surface area (Å²) in [5, 5.41) is 0. The third-order valence-electron chi connectivity index (χ3n) is 2.07. The van der Waals surface area contributed by atoms with Gasteiger partial charge in [0.25, 0.3) is 5.91 Å². The summed E-state index contributed by atoms with van der Waals surface area (Å²) in [5.41, 5.74) is 0.472. The van der Waals surface area contributed by atoms with Crippen LogP contribution in [0.1, 0.15) is 27.7 Å². The van der Waals surface area contributed by atoms with Crippen molar-refractivity contribution in [2.75, 3.05) is 13.2 Å². The van der Waals surface area contributed by atoms with Crippen molar-refractivity contribution in [2.24, 2.45) is 0 Å². The van der Waals surface area contributed by atoms with E-state index in [1.165, 1.54) is 0 Å². The molecule has 1 rings (SSSR count). The Balaban J connectivity index is 0.00000137. The second-order valence-electron chi connectivity index (χ2n) is 3.22. The number of rotatable bonds is 3. The molecule has 0 unspecified atom stereocenters. The van der Waals surface area contributed by atoms with Gasteiger partial charge in [0.05, 0.1) is 6.54 Å². The highest BCUT2D eigenvalue weighted by molar-refractivity contribution is 6.04. The number of hydrogen-bond donors (Lipinski definition) is 0. The van der Waals surface area contributed by atoms with Gasteiger partial charge in [-0.2, -0.15) is 0 Å². The van der Waals surface area contributed by atoms with Crippen molar-refractivity contribution in [3.63, 3.8) is 0 Å². The maximum absolute atomic E-state index is 11.9. The average molecular weight is 251 g/mol. The molecule has 0 atom stereocenters. The van der Waals surface area contributed by atoms with E-state index in [1.54, 1.807) is 24.3 Å². The van der Waals surface area contributed by atoms with Crippen molar-refractivity contribution in [3.8, 4) is 0 Å². The number of imide groups is 1. The zero-order valence-corrected chi connectivity index (χ0v) is 11.5. The quantitative estimate of drug-likeness (QED) is 0.572. The van der Waals surface area contributed by atoms with Crippen LogP contribution in [0.3, 0.4) is 0 Å². The Morgan fingerprint density at radius 3 is 2.39 bits per heavy atom. The summed E-state index contributed by atoms with van der Waals surface area (Å²) in [6.45, 7) is 8.27. The van der Waals surface area contributed by atoms with E-state index in [-0.39, 0.29) is 12.5 Å². The van der Waals surface area contributed by atoms with Crippen molar-refractivity contribution in [1.29, 1.82) is 0 Å². The highest BCUT2D eigenvalue weighted by Gasteiger charge is 2.29. The Labute approximate surface area is 109 Å². The lowest BCUT2D eigenvalue weighted by atomic mass is 10.2. The van der Waals surface area contributed by atoms with Gasteiger partial charge in [0.2, 0.25) is 0 Å². The Kier molecular flexibility index (Phi) is 8.27. The third kappa shape index (κ3) is 4.57. The van der Waals surface area contributed by atoms with Gasteiger partial charge in [-0.3, -0.25) is 4.79 Å². The Morgan fingerprint density at radius 2 is 1.94 bits per heavy atom. The van der Waals surface area contributed by atoms with E-state index in [2.05, 4.69) is 0 Å². The van der Waals surface area contributed by atoms with Crippen LogP contribution in [0.25, 0.3) is 0 Å². The number of carbonyl (C=O) groups excluding carboxylic acids is 2. The molecular formula is C14H21NO3. The van der Waals surface area contributed by atoms with E-state index < -0.39 is 6.09 Å². The average Bonchev–Trinajstić information content (AvgIpc) is 2.82. The van der Waals surface area contributed by atoms with Crippen LogP contribution >= 0.6 is 0 Å². The zero-order chi connectivity index (χ0) is 14.0. The molecule has 0 N–H and O–H groups in total. The second-order valence-corrected chi connectivity index (χ2v) is 3.22. The van der Waals surface area contributed by atoms with Gasteiger partial charge in [-0.05, 0) is 19.9 Å². The van der Waals surface area contributed by atoms with E-state index in [0.29, 0.717) is 12.1 Å². The minimum Gasteiger partial charge on any atom is -0.447 e. The van der Waals surface area contributed by atoms with Crippen molar-refractivity contribution >= 4 is 12.0 Å². The maximum atomic E-state index is 11.9. The number of nitrogens with zero attached hydrogens (tertiary/aromatic N) is 1. The first kappa shape index (κ1) is 16.2. The standard InChI is InChI=1S/C12H15NO3.C2H6/c1-3-5-7-10(6-4-2)11(14)13-8-9-16-12(13)15;1-2/h3-7H,8-9H2,1-2H3;1-2H3/b5-3-,6-4-,10-7+;. The minimum absolute atomic E-state index is 0.275. The summed E-state index contributed by atoms with van der Waals surface area (Å²) in [7, 11) is 0. The third-order valence-corrected chi connectivity index (χ3v) is 2.07. The number of amides is 2. The smallest absolute Gasteiger partial charge is 0.416 e. The number of cyclic esters (lactones) is 1. The van der Waals surface area contributed by atoms with Crippen LogP contribution in [-0.4, -0.2) is 30.1 Å². The van der Waals surface area contributed by atoms with Gasteiger partial charge in [0.1, 0.15) is 6.61 Å². The lowest BCUT2D eigenvalue weighted by Crippen LogP contribution is -2.32. The van der Waals surface area contributed by atoms with Crippen molar-refractivity contribution in [1.82, 2.24) is 4.90 Å². The molecule has 1 heterocycles. The van der Waals surface area contributed by atoms with Crippen molar-refractivity contribution in [3.05, 3.63) is 36.0 Å². The molecule has 1 saturated heterocycles. The van der Waals surface area contributed by atoms with Crippen molar-refractivity contribution in [2.45, 2.75) is 27.7 Å². The molecule has 1 fully saturated rings. The normalized spacial score (nSPS) is 15.9. The molecule has 100 valence electrons. The first-order chi connectivity index (χ1) is 8.70. The monoisotopic (exact) mass is 251 g/mol. The molecule has 4 heteroatoms. The summed E-state index contributed by atoms with van der Waals surface area (Å²) in [6, 6.07) is 0. The van der Waals surface area contributed by atoms with Crippen LogP contribution < -0.4 is 0 Å². The highest BCUT2D eigenvalue weighted by Crippen LogP contribution is 2.10. The van der Waals surface area contributed by atoms with Crippen LogP contribution in [0.15, 0.2) is 36.0 Å². The summed E-state index contributed by atoms with van der Waals surface area (Å²) in [4.78, 5) is 24.2. The van der Waals surface area contributed by atoms with Gasteiger partial charge in [0, 0.05) is 5.57 Å². The predicted octanol–water partition coefficient (Wildman–Crippen LogP) is 3.07. The van der Waals surface area contributed by atoms with E-state index in [9.17, 15) is 9.59 Å². The van der Waals surface area contributed by atoms with Crippen LogP contribution in [-0.2, 0) is 9.53 Å². The number of hydrogen-bond acceptors (Lipinski definition) is 3. The molecular weight excluding hydrogens is 230 g/mol. The van der Waals surface area contributed by atoms with E-state index in [0.717, 1.165) is 4.90 Å². The highest BCUT2D eigenvalue weighted by atomic mass is 16.6. The fraction of sp³-hybridized carbons (Fsp3) is 0.429. The molecule has 18 heavy (non-hydrogen) atoms. The first-order valence-corrected chi connectivity index (χ1v) is 6.15. The van der Waals surface area contributed by atoms with Crippen LogP contribution in [0, 0.1) is 0 Å². The zero-order valence-electron chi connectivity index (χ0n) is 11.5. The minimum atomic E-state index is -0.569. The van der Waals surface area contributed by atoms with Crippen LogP contribution in [0.4, 0.5) is 4.79 Å². The van der Waals surface area contributed by atoms with E-state index >= 15 is 0 Å². The molecule has 0 aromatic carbocycles. The molecule has 1 aliphatic heterocycles. The molecule has 2 amide bonds. The van der Waals surface area contributed by atoms with Gasteiger partial charge in [0.15, 0.2) is 0 Å². The largest absolute Gasteiger partial charge is 0.447 e. The summed E-state index contributed by atoms with van der Waals surface area (Å²) in [6.07, 6.45) is 8.12. The Hall–Kier alpha value is -1.84. The molecule has 4 nitrogen and oxygen atoms in total. The number of carbonyl (C=O) groups is 2. The second kappa shape index (κ2) is 9.22. The van der Waals surface area contributed by atoms with Crippen molar-refractivity contribution < 1.29 is 14.3 Å². The molecule has 0 aromatic rings. The first-order valence-electron chi connectivity index (χ1n) is 6.15. The predicted molar refractivity (Wildman–Crippen MR) is 72.1 cm³/mol. The molecule has 0 spiro atoms. The summed E-state index contributed by atoms with van der Waals surface area (Å²) < 4.78 is 4.72. The Morgan fingerprint density at radius 1 is 1.28 bits per heavy atom. The van der Waals surface area contributed by atoms with E-state index in [1.807, 2.05) is 33.8 Å².